The molecule has 0 fully saturated rings. The third-order valence-electron chi connectivity index (χ3n) is 3.04. The molecule has 0 bridgehead atoms. The lowest BCUT2D eigenvalue weighted by Crippen LogP contribution is -2.05. The number of halogens is 1. The number of aromatic nitrogens is 3. The number of nitrogens with zero attached hydrogens (tertiary/aromatic N) is 3. The molecule has 0 spiro atoms. The third kappa shape index (κ3) is 3.75. The molecule has 0 unspecified atom stereocenters. The maximum atomic E-state index is 10.8. The lowest BCUT2D eigenvalue weighted by molar-refractivity contribution is -0.133. The van der Waals surface area contributed by atoms with E-state index < -0.39 is 5.97 Å². The fraction of sp³-hybridized carbons (Fsp3) is 0.133. The van der Waals surface area contributed by atoms with Crippen molar-refractivity contribution in [3.05, 3.63) is 53.4 Å². The first kappa shape index (κ1) is 15.6. The predicted octanol–water partition coefficient (Wildman–Crippen LogP) is 3.42. The summed E-state index contributed by atoms with van der Waals surface area (Å²) in [5.41, 5.74) is 0.843. The molecular weight excluding hydrogens is 338 g/mol. The van der Waals surface area contributed by atoms with Crippen molar-refractivity contribution < 1.29 is 14.3 Å². The van der Waals surface area contributed by atoms with Crippen molar-refractivity contribution in [2.24, 2.45) is 0 Å². The van der Waals surface area contributed by atoms with Gasteiger partial charge in [-0.15, -0.1) is 10.2 Å². The minimum absolute atomic E-state index is 0.0864. The number of furan rings is 1. The van der Waals surface area contributed by atoms with Crippen LogP contribution in [0.15, 0.2) is 52.2 Å². The number of thioether (sulfide) groups is 1. The van der Waals surface area contributed by atoms with Gasteiger partial charge in [-0.2, -0.15) is 0 Å². The van der Waals surface area contributed by atoms with E-state index in [0.717, 1.165) is 23.1 Å². The van der Waals surface area contributed by atoms with E-state index in [0.29, 0.717) is 22.5 Å². The Morgan fingerprint density at radius 3 is 2.70 bits per heavy atom. The molecule has 1 N–H and O–H groups in total. The molecule has 0 amide bonds. The second kappa shape index (κ2) is 6.89. The van der Waals surface area contributed by atoms with Gasteiger partial charge in [0.05, 0.1) is 18.6 Å². The Morgan fingerprint density at radius 1 is 1.26 bits per heavy atom. The van der Waals surface area contributed by atoms with Crippen LogP contribution in [0.3, 0.4) is 0 Å². The zero-order valence-corrected chi connectivity index (χ0v) is 13.4. The first-order valence-electron chi connectivity index (χ1n) is 6.69. The monoisotopic (exact) mass is 349 g/mol. The van der Waals surface area contributed by atoms with Gasteiger partial charge < -0.3 is 9.52 Å². The predicted molar refractivity (Wildman–Crippen MR) is 86.6 cm³/mol. The first-order valence-corrected chi connectivity index (χ1v) is 8.06. The van der Waals surface area contributed by atoms with Crippen molar-refractivity contribution in [2.75, 3.05) is 5.75 Å². The summed E-state index contributed by atoms with van der Waals surface area (Å²) in [5, 5.41) is 18.3. The van der Waals surface area contributed by atoms with Crippen LogP contribution in [0.4, 0.5) is 0 Å². The zero-order valence-electron chi connectivity index (χ0n) is 11.8. The lowest BCUT2D eigenvalue weighted by Gasteiger charge is -2.08. The number of rotatable bonds is 6. The highest BCUT2D eigenvalue weighted by Gasteiger charge is 2.16. The summed E-state index contributed by atoms with van der Waals surface area (Å²) < 4.78 is 7.20. The number of carbonyl (C=O) groups is 1. The summed E-state index contributed by atoms with van der Waals surface area (Å²) in [5.74, 6) is 0.371. The van der Waals surface area contributed by atoms with Crippen LogP contribution in [-0.2, 0) is 11.3 Å². The average Bonchev–Trinajstić information content (AvgIpc) is 3.17. The molecule has 2 aromatic heterocycles. The Labute approximate surface area is 141 Å². The highest BCUT2D eigenvalue weighted by atomic mass is 35.5. The van der Waals surface area contributed by atoms with E-state index in [9.17, 15) is 4.79 Å². The standard InChI is InChI=1S/C15H12ClN3O3S/c16-11-5-3-10(4-6-11)14-17-18-15(23-9-13(20)21)19(14)8-12-2-1-7-22-12/h1-7H,8-9H2,(H,20,21). The van der Waals surface area contributed by atoms with Crippen molar-refractivity contribution >= 4 is 29.3 Å². The molecule has 6 nitrogen and oxygen atoms in total. The molecular formula is C15H12ClN3O3S. The molecule has 2 heterocycles. The van der Waals surface area contributed by atoms with Crippen molar-refractivity contribution in [3.63, 3.8) is 0 Å². The molecule has 0 aliphatic rings. The minimum atomic E-state index is -0.907. The summed E-state index contributed by atoms with van der Waals surface area (Å²) >= 11 is 7.03. The maximum absolute atomic E-state index is 10.8. The topological polar surface area (TPSA) is 81.1 Å². The first-order chi connectivity index (χ1) is 11.1. The highest BCUT2D eigenvalue weighted by Crippen LogP contribution is 2.26. The Hall–Kier alpha value is -2.25. The van der Waals surface area contributed by atoms with Gasteiger partial charge in [0.15, 0.2) is 11.0 Å². The number of benzene rings is 1. The molecule has 0 aliphatic carbocycles. The molecule has 0 radical (unpaired) electrons. The highest BCUT2D eigenvalue weighted by molar-refractivity contribution is 7.99. The Morgan fingerprint density at radius 2 is 2.04 bits per heavy atom. The zero-order chi connectivity index (χ0) is 16.2. The molecule has 3 rings (SSSR count). The third-order valence-corrected chi connectivity index (χ3v) is 4.24. The molecule has 8 heteroatoms. The fourth-order valence-electron chi connectivity index (χ4n) is 2.04. The van der Waals surface area contributed by atoms with Gasteiger partial charge in [-0.1, -0.05) is 23.4 Å². The van der Waals surface area contributed by atoms with Gasteiger partial charge in [0.25, 0.3) is 0 Å². The van der Waals surface area contributed by atoms with E-state index >= 15 is 0 Å². The van der Waals surface area contributed by atoms with Gasteiger partial charge >= 0.3 is 5.97 Å². The van der Waals surface area contributed by atoms with Gasteiger partial charge in [0.2, 0.25) is 0 Å². The average molecular weight is 350 g/mol. The fourth-order valence-corrected chi connectivity index (χ4v) is 2.82. The van der Waals surface area contributed by atoms with Crippen LogP contribution in [0.2, 0.25) is 5.02 Å². The summed E-state index contributed by atoms with van der Waals surface area (Å²) in [7, 11) is 0. The van der Waals surface area contributed by atoms with Gasteiger partial charge in [0.1, 0.15) is 5.76 Å². The number of carboxylic acids is 1. The SMILES string of the molecule is O=C(O)CSc1nnc(-c2ccc(Cl)cc2)n1Cc1ccco1. The van der Waals surface area contributed by atoms with Crippen molar-refractivity contribution in [3.8, 4) is 11.4 Å². The van der Waals surface area contributed by atoms with Crippen LogP contribution in [0.1, 0.15) is 5.76 Å². The quantitative estimate of drug-likeness (QED) is 0.687. The van der Waals surface area contributed by atoms with Gasteiger partial charge in [-0.25, -0.2) is 0 Å². The lowest BCUT2D eigenvalue weighted by atomic mass is 10.2. The van der Waals surface area contributed by atoms with Crippen molar-refractivity contribution in [1.82, 2.24) is 14.8 Å². The van der Waals surface area contributed by atoms with Crippen LogP contribution < -0.4 is 0 Å². The van der Waals surface area contributed by atoms with Crippen molar-refractivity contribution in [1.29, 1.82) is 0 Å². The minimum Gasteiger partial charge on any atom is -0.481 e. The van der Waals surface area contributed by atoms with Crippen LogP contribution in [0.25, 0.3) is 11.4 Å². The molecule has 1 aromatic carbocycles. The van der Waals surface area contributed by atoms with Crippen LogP contribution in [0.5, 0.6) is 0 Å². The number of hydrogen-bond donors (Lipinski definition) is 1. The second-order valence-corrected chi connectivity index (χ2v) is 6.04. The molecule has 0 aliphatic heterocycles. The molecule has 118 valence electrons. The van der Waals surface area contributed by atoms with Crippen molar-refractivity contribution in [2.45, 2.75) is 11.7 Å². The van der Waals surface area contributed by atoms with Gasteiger partial charge in [-0.05, 0) is 36.4 Å². The van der Waals surface area contributed by atoms with Crippen LogP contribution in [-0.4, -0.2) is 31.6 Å². The van der Waals surface area contributed by atoms with E-state index in [2.05, 4.69) is 10.2 Å². The summed E-state index contributed by atoms with van der Waals surface area (Å²) in [6.45, 7) is 0.417. The molecule has 0 saturated heterocycles. The largest absolute Gasteiger partial charge is 0.481 e. The van der Waals surface area contributed by atoms with Gasteiger partial charge in [0, 0.05) is 10.6 Å². The Bertz CT molecular complexity index is 800. The maximum Gasteiger partial charge on any atom is 0.313 e. The number of hydrogen-bond acceptors (Lipinski definition) is 5. The Kier molecular flexibility index (Phi) is 4.68. The number of carboxylic acid groups (broad SMARTS) is 1. The smallest absolute Gasteiger partial charge is 0.313 e. The van der Waals surface area contributed by atoms with E-state index in [1.165, 1.54) is 0 Å². The number of aliphatic carboxylic acids is 1. The summed E-state index contributed by atoms with van der Waals surface area (Å²) in [4.78, 5) is 10.8. The van der Waals surface area contributed by atoms with E-state index in [1.807, 2.05) is 22.8 Å². The normalized spacial score (nSPS) is 10.8. The van der Waals surface area contributed by atoms with E-state index in [1.54, 1.807) is 24.5 Å². The van der Waals surface area contributed by atoms with Crippen LogP contribution in [0, 0.1) is 0 Å². The second-order valence-electron chi connectivity index (χ2n) is 4.66. The summed E-state index contributed by atoms with van der Waals surface area (Å²) in [6.07, 6.45) is 1.59. The van der Waals surface area contributed by atoms with Crippen LogP contribution >= 0.6 is 23.4 Å². The molecule has 0 atom stereocenters. The van der Waals surface area contributed by atoms with Gasteiger partial charge in [-0.3, -0.25) is 9.36 Å². The summed E-state index contributed by atoms with van der Waals surface area (Å²) in [6, 6.07) is 10.9. The Balaban J connectivity index is 1.97. The molecule has 23 heavy (non-hydrogen) atoms. The van der Waals surface area contributed by atoms with E-state index in [4.69, 9.17) is 21.1 Å². The molecule has 0 saturated carbocycles. The molecule has 3 aromatic rings. The van der Waals surface area contributed by atoms with E-state index in [-0.39, 0.29) is 5.75 Å².